The number of aryl methyl sites for hydroxylation is 1. The topological polar surface area (TPSA) is 85.9 Å². The molecular formula is C8H13N3O2S2. The third-order valence-corrected chi connectivity index (χ3v) is 3.66. The predicted molar refractivity (Wildman–Crippen MR) is 61.6 cm³/mol. The lowest BCUT2D eigenvalue weighted by molar-refractivity contribution is 0.603. The van der Waals surface area contributed by atoms with Crippen LogP contribution in [0.2, 0.25) is 0 Å². The van der Waals surface area contributed by atoms with Gasteiger partial charge in [0, 0.05) is 18.1 Å². The number of nitrogens with zero attached hydrogens (tertiary/aromatic N) is 2. The van der Waals surface area contributed by atoms with Crippen molar-refractivity contribution in [2.45, 2.75) is 11.9 Å². The van der Waals surface area contributed by atoms with Crippen molar-refractivity contribution in [2.75, 3.05) is 23.5 Å². The monoisotopic (exact) mass is 247 g/mol. The lowest BCUT2D eigenvalue weighted by atomic mass is 10.5. The van der Waals surface area contributed by atoms with Crippen molar-refractivity contribution in [3.05, 3.63) is 11.9 Å². The van der Waals surface area contributed by atoms with Gasteiger partial charge in [-0.3, -0.25) is 0 Å². The van der Waals surface area contributed by atoms with Crippen molar-refractivity contribution in [3.8, 4) is 0 Å². The van der Waals surface area contributed by atoms with Gasteiger partial charge in [0.05, 0.1) is 5.75 Å². The van der Waals surface area contributed by atoms with Crippen LogP contribution in [-0.4, -0.2) is 36.1 Å². The molecule has 0 aliphatic carbocycles. The minimum Gasteiger partial charge on any atom is -0.384 e. The van der Waals surface area contributed by atoms with E-state index >= 15 is 0 Å². The third-order valence-electron chi connectivity index (χ3n) is 1.54. The van der Waals surface area contributed by atoms with Gasteiger partial charge < -0.3 is 5.73 Å². The summed E-state index contributed by atoms with van der Waals surface area (Å²) in [4.78, 5) is 8.06. The second kappa shape index (κ2) is 4.80. The molecule has 0 saturated heterocycles. The fraction of sp³-hybridized carbons (Fsp3) is 0.500. The number of sulfone groups is 1. The minimum atomic E-state index is -2.91. The van der Waals surface area contributed by atoms with Gasteiger partial charge in [-0.25, -0.2) is 18.4 Å². The summed E-state index contributed by atoms with van der Waals surface area (Å²) in [5, 5.41) is 0.712. The Balaban J connectivity index is 2.58. The highest BCUT2D eigenvalue weighted by atomic mass is 32.2. The molecule has 1 rings (SSSR count). The molecule has 0 unspecified atom stereocenters. The lowest BCUT2D eigenvalue weighted by Crippen LogP contribution is -2.05. The number of aromatic nitrogens is 2. The first-order chi connectivity index (χ1) is 6.87. The average molecular weight is 247 g/mol. The summed E-state index contributed by atoms with van der Waals surface area (Å²) < 4.78 is 21.8. The van der Waals surface area contributed by atoms with Crippen LogP contribution in [-0.2, 0) is 9.84 Å². The second-order valence-corrected chi connectivity index (χ2v) is 6.53. The normalized spacial score (nSPS) is 11.6. The Morgan fingerprint density at radius 1 is 1.47 bits per heavy atom. The van der Waals surface area contributed by atoms with E-state index < -0.39 is 9.84 Å². The van der Waals surface area contributed by atoms with E-state index in [2.05, 4.69) is 9.97 Å². The molecule has 0 bridgehead atoms. The Hall–Kier alpha value is -0.820. The molecule has 0 saturated carbocycles. The molecule has 0 amide bonds. The number of hydrogen-bond donors (Lipinski definition) is 1. The molecule has 0 aliphatic heterocycles. The van der Waals surface area contributed by atoms with E-state index in [4.69, 9.17) is 5.73 Å². The zero-order valence-corrected chi connectivity index (χ0v) is 10.2. The fourth-order valence-electron chi connectivity index (χ4n) is 0.934. The van der Waals surface area contributed by atoms with Crippen molar-refractivity contribution in [3.63, 3.8) is 0 Å². The first-order valence-corrected chi connectivity index (χ1v) is 7.33. The van der Waals surface area contributed by atoms with Crippen LogP contribution in [0.15, 0.2) is 11.1 Å². The highest BCUT2D eigenvalue weighted by molar-refractivity contribution is 8.00. The summed E-state index contributed by atoms with van der Waals surface area (Å²) >= 11 is 1.37. The van der Waals surface area contributed by atoms with Gasteiger partial charge >= 0.3 is 0 Å². The van der Waals surface area contributed by atoms with E-state index in [-0.39, 0.29) is 5.75 Å². The van der Waals surface area contributed by atoms with Crippen LogP contribution in [0.5, 0.6) is 0 Å². The smallest absolute Gasteiger partial charge is 0.148 e. The first-order valence-electron chi connectivity index (χ1n) is 4.28. The van der Waals surface area contributed by atoms with Crippen molar-refractivity contribution in [1.82, 2.24) is 9.97 Å². The maximum atomic E-state index is 10.9. The molecule has 84 valence electrons. The molecule has 1 aromatic heterocycles. The van der Waals surface area contributed by atoms with E-state index in [1.165, 1.54) is 18.0 Å². The second-order valence-electron chi connectivity index (χ2n) is 3.16. The fourth-order valence-corrected chi connectivity index (χ4v) is 3.09. The van der Waals surface area contributed by atoms with E-state index in [0.29, 0.717) is 22.4 Å². The number of nitrogens with two attached hydrogens (primary N) is 1. The predicted octanol–water partition coefficient (Wildman–Crippen LogP) is 0.504. The Kier molecular flexibility index (Phi) is 3.92. The Bertz CT molecular complexity index is 425. The molecule has 1 aromatic rings. The zero-order valence-electron chi connectivity index (χ0n) is 8.60. The standard InChI is InChI=1S/C8H13N3O2S2/c1-6-10-7(9)5-8(11-6)14-3-4-15(2,12)13/h5H,3-4H2,1-2H3,(H2,9,10,11). The SMILES string of the molecule is Cc1nc(N)cc(SCCS(C)(=O)=O)n1. The van der Waals surface area contributed by atoms with Gasteiger partial charge in [0.2, 0.25) is 0 Å². The van der Waals surface area contributed by atoms with Crippen molar-refractivity contribution < 1.29 is 8.42 Å². The van der Waals surface area contributed by atoms with Crippen LogP contribution in [0.4, 0.5) is 5.82 Å². The van der Waals surface area contributed by atoms with Gasteiger partial charge in [-0.1, -0.05) is 0 Å². The maximum absolute atomic E-state index is 10.9. The number of hydrogen-bond acceptors (Lipinski definition) is 6. The van der Waals surface area contributed by atoms with Crippen LogP contribution in [0.3, 0.4) is 0 Å². The average Bonchev–Trinajstić information content (AvgIpc) is 1.99. The summed E-state index contributed by atoms with van der Waals surface area (Å²) in [7, 11) is -2.91. The number of nitrogen functional groups attached to an aromatic ring is 1. The largest absolute Gasteiger partial charge is 0.384 e. The number of anilines is 1. The third kappa shape index (κ3) is 4.98. The number of rotatable bonds is 4. The van der Waals surface area contributed by atoms with Crippen molar-refractivity contribution >= 4 is 27.4 Å². The van der Waals surface area contributed by atoms with E-state index in [1.54, 1.807) is 13.0 Å². The molecule has 15 heavy (non-hydrogen) atoms. The lowest BCUT2D eigenvalue weighted by Gasteiger charge is -2.02. The molecule has 0 atom stereocenters. The van der Waals surface area contributed by atoms with Gasteiger partial charge in [0.15, 0.2) is 0 Å². The molecule has 1 heterocycles. The van der Waals surface area contributed by atoms with Crippen molar-refractivity contribution in [2.24, 2.45) is 0 Å². The van der Waals surface area contributed by atoms with Crippen molar-refractivity contribution in [1.29, 1.82) is 0 Å². The number of thioether (sulfide) groups is 1. The summed E-state index contributed by atoms with van der Waals surface area (Å²) in [6.07, 6.45) is 1.22. The van der Waals surface area contributed by atoms with Gasteiger partial charge in [-0.2, -0.15) is 0 Å². The highest BCUT2D eigenvalue weighted by Gasteiger charge is 2.04. The van der Waals surface area contributed by atoms with Crippen LogP contribution < -0.4 is 5.73 Å². The van der Waals surface area contributed by atoms with Crippen LogP contribution in [0, 0.1) is 6.92 Å². The molecule has 0 radical (unpaired) electrons. The summed E-state index contributed by atoms with van der Waals surface area (Å²) in [5.41, 5.74) is 5.53. The van der Waals surface area contributed by atoms with Gasteiger partial charge in [-0.15, -0.1) is 11.8 Å². The summed E-state index contributed by atoms with van der Waals surface area (Å²) in [6, 6.07) is 1.64. The van der Waals surface area contributed by atoms with Gasteiger partial charge in [-0.05, 0) is 6.92 Å². The minimum absolute atomic E-state index is 0.140. The quantitative estimate of drug-likeness (QED) is 0.616. The Morgan fingerprint density at radius 2 is 2.13 bits per heavy atom. The van der Waals surface area contributed by atoms with Crippen LogP contribution >= 0.6 is 11.8 Å². The molecule has 0 aromatic carbocycles. The molecular weight excluding hydrogens is 234 g/mol. The van der Waals surface area contributed by atoms with E-state index in [9.17, 15) is 8.42 Å². The summed E-state index contributed by atoms with van der Waals surface area (Å²) in [6.45, 7) is 1.75. The van der Waals surface area contributed by atoms with Gasteiger partial charge in [0.25, 0.3) is 0 Å². The van der Waals surface area contributed by atoms with E-state index in [1.807, 2.05) is 0 Å². The summed E-state index contributed by atoms with van der Waals surface area (Å²) in [5.74, 6) is 1.62. The molecule has 7 heteroatoms. The zero-order chi connectivity index (χ0) is 11.5. The van der Waals surface area contributed by atoms with E-state index in [0.717, 1.165) is 0 Å². The maximum Gasteiger partial charge on any atom is 0.148 e. The first kappa shape index (κ1) is 12.3. The Morgan fingerprint density at radius 3 is 2.67 bits per heavy atom. The molecule has 0 spiro atoms. The molecule has 0 aliphatic rings. The highest BCUT2D eigenvalue weighted by Crippen LogP contribution is 2.17. The molecule has 2 N–H and O–H groups in total. The molecule has 0 fully saturated rings. The molecule has 5 nitrogen and oxygen atoms in total. The van der Waals surface area contributed by atoms with Crippen LogP contribution in [0.1, 0.15) is 5.82 Å². The van der Waals surface area contributed by atoms with Crippen LogP contribution in [0.25, 0.3) is 0 Å². The van der Waals surface area contributed by atoms with Gasteiger partial charge in [0.1, 0.15) is 26.5 Å². The Labute approximate surface area is 93.4 Å².